The third kappa shape index (κ3) is 40.2. The van der Waals surface area contributed by atoms with Crippen LogP contribution in [0.25, 0.3) is 0 Å². The second-order valence-electron chi connectivity index (χ2n) is 14.8. The number of hydrogen-bond donors (Lipinski definition) is 3. The van der Waals surface area contributed by atoms with Crippen molar-refractivity contribution in [3.8, 4) is 0 Å². The smallest absolute Gasteiger partial charge is 0.322 e. The molecule has 13 heteroatoms. The number of carbonyl (C=O) groups is 3. The molecule has 0 aromatic carbocycles. The van der Waals surface area contributed by atoms with E-state index in [1.807, 2.05) is 0 Å². The minimum Gasteiger partial charge on any atom is -0.756 e. The number of phosphoric ester groups is 1. The second-order valence-corrected chi connectivity index (χ2v) is 16.2. The Balaban J connectivity index is 0. The van der Waals surface area contributed by atoms with Crippen molar-refractivity contribution in [2.24, 2.45) is 5.73 Å². The van der Waals surface area contributed by atoms with Gasteiger partial charge >= 0.3 is 17.9 Å². The molecule has 7 N–H and O–H groups in total. The molecular formula is C42H83N2O10P. The van der Waals surface area contributed by atoms with Crippen molar-refractivity contribution in [1.82, 2.24) is 6.15 Å². The van der Waals surface area contributed by atoms with Gasteiger partial charge in [-0.15, -0.1) is 0 Å². The summed E-state index contributed by atoms with van der Waals surface area (Å²) in [4.78, 5) is 48.1. The molecule has 0 saturated heterocycles. The van der Waals surface area contributed by atoms with Gasteiger partial charge in [-0.3, -0.25) is 18.9 Å². The molecule has 12 nitrogen and oxygen atoms in total. The number of rotatable bonds is 41. The molecule has 0 bridgehead atoms. The van der Waals surface area contributed by atoms with Gasteiger partial charge in [0.2, 0.25) is 0 Å². The number of nitrogens with two attached hydrogens (primary N) is 1. The lowest BCUT2D eigenvalue weighted by Gasteiger charge is -2.26. The number of aliphatic carboxylic acids is 1. The number of carboxylic acid groups (broad SMARTS) is 1. The number of allylic oxidation sites excluding steroid dienone is 2. The fraction of sp³-hybridized carbons (Fsp3) is 0.881. The summed E-state index contributed by atoms with van der Waals surface area (Å²) in [6, 6.07) is -1.56. The number of carbonyl (C=O) groups excluding carboxylic acids is 2. The first-order valence-electron chi connectivity index (χ1n) is 21.7. The molecule has 0 aromatic rings. The maximum atomic E-state index is 12.6. The van der Waals surface area contributed by atoms with Crippen LogP contribution in [0.3, 0.4) is 0 Å². The van der Waals surface area contributed by atoms with Gasteiger partial charge in [-0.05, 0) is 38.5 Å². The van der Waals surface area contributed by atoms with E-state index in [2.05, 4.69) is 30.5 Å². The van der Waals surface area contributed by atoms with Crippen molar-refractivity contribution in [2.75, 3.05) is 19.8 Å². The van der Waals surface area contributed by atoms with E-state index >= 15 is 0 Å². The Morgan fingerprint density at radius 1 is 0.582 bits per heavy atom. The van der Waals surface area contributed by atoms with Crippen molar-refractivity contribution < 1.29 is 47.5 Å². The maximum Gasteiger partial charge on any atom is 0.322 e. The molecule has 0 radical (unpaired) electrons. The van der Waals surface area contributed by atoms with Crippen LogP contribution in [0.1, 0.15) is 206 Å². The summed E-state index contributed by atoms with van der Waals surface area (Å²) in [6.45, 7) is 2.65. The Bertz CT molecular complexity index is 984. The molecule has 2 unspecified atom stereocenters. The fourth-order valence-electron chi connectivity index (χ4n) is 6.05. The topological polar surface area (TPSA) is 211 Å². The Hall–Kier alpha value is -1.82. The first-order valence-corrected chi connectivity index (χ1v) is 23.2. The van der Waals surface area contributed by atoms with E-state index in [0.717, 1.165) is 57.8 Å². The van der Waals surface area contributed by atoms with Gasteiger partial charge in [0.15, 0.2) is 6.10 Å². The predicted molar refractivity (Wildman–Crippen MR) is 221 cm³/mol. The molecule has 0 aliphatic heterocycles. The standard InChI is InChI=1S/C42H80NO10P.H3N/c1-3-5-7-9-11-13-15-17-19-21-23-25-27-29-31-33-40(44)50-35-38(36-51-54(48,49)52-37-39(43)42(46)47)53-41(45)34-32-30-28-26-24-22-20-18-16-14-12-10-8-6-4-2;/h18,20,38-39H,3-17,19,21-37,43H2,1-2H3,(H,46,47)(H,48,49);1H3/b20-18-;/t38-,39?;/m0./s1. The average molecular weight is 807 g/mol. The van der Waals surface area contributed by atoms with Crippen molar-refractivity contribution in [1.29, 1.82) is 0 Å². The summed E-state index contributed by atoms with van der Waals surface area (Å²) in [5, 5.41) is 8.86. The Labute approximate surface area is 335 Å². The Morgan fingerprint density at radius 3 is 1.36 bits per heavy atom. The van der Waals surface area contributed by atoms with Gasteiger partial charge in [0.25, 0.3) is 7.82 Å². The highest BCUT2D eigenvalue weighted by molar-refractivity contribution is 7.45. The van der Waals surface area contributed by atoms with Crippen molar-refractivity contribution in [3.63, 3.8) is 0 Å². The molecule has 0 spiro atoms. The van der Waals surface area contributed by atoms with Gasteiger partial charge in [0, 0.05) is 12.8 Å². The van der Waals surface area contributed by atoms with Crippen LogP contribution in [0.4, 0.5) is 0 Å². The van der Waals surface area contributed by atoms with Gasteiger partial charge in [-0.1, -0.05) is 167 Å². The highest BCUT2D eigenvalue weighted by Crippen LogP contribution is 2.38. The monoisotopic (exact) mass is 807 g/mol. The zero-order valence-electron chi connectivity index (χ0n) is 35.3. The van der Waals surface area contributed by atoms with Crippen LogP contribution >= 0.6 is 7.82 Å². The number of ether oxygens (including phenoxy) is 2. The zero-order chi connectivity index (χ0) is 40.0. The van der Waals surface area contributed by atoms with E-state index in [9.17, 15) is 23.8 Å². The maximum absolute atomic E-state index is 12.6. The highest BCUT2D eigenvalue weighted by Gasteiger charge is 2.22. The first kappa shape index (κ1) is 55.3. The minimum absolute atomic E-state index is 0. The minimum atomic E-state index is -4.96. The number of carboxylic acids is 1. The fourth-order valence-corrected chi connectivity index (χ4v) is 6.82. The van der Waals surface area contributed by atoms with Crippen molar-refractivity contribution >= 4 is 25.7 Å². The van der Waals surface area contributed by atoms with Crippen molar-refractivity contribution in [2.45, 2.75) is 219 Å². The molecule has 0 aliphatic carbocycles. The largest absolute Gasteiger partial charge is 0.756 e. The SMILES string of the molecule is CCCCCCCC/C=C\CCCCCCCC(=O)O[C@@H](COC(=O)CCCCCCCCCCCCCCCCC)COP(=O)([O-])OCC(N)C(=O)O.[NH4+]. The van der Waals surface area contributed by atoms with Gasteiger partial charge < -0.3 is 40.4 Å². The number of esters is 2. The predicted octanol–water partition coefficient (Wildman–Crippen LogP) is 11.0. The molecule has 3 atom stereocenters. The van der Waals surface area contributed by atoms with E-state index in [0.29, 0.717) is 12.8 Å². The normalized spacial score (nSPS) is 13.6. The highest BCUT2D eigenvalue weighted by atomic mass is 31.2. The summed E-state index contributed by atoms with van der Waals surface area (Å²) >= 11 is 0. The Kier molecular flexibility index (Phi) is 40.6. The zero-order valence-corrected chi connectivity index (χ0v) is 36.2. The van der Waals surface area contributed by atoms with E-state index in [1.165, 1.54) is 109 Å². The summed E-state index contributed by atoms with van der Waals surface area (Å²) in [6.07, 6.45) is 36.8. The molecule has 0 fully saturated rings. The number of hydrogen-bond acceptors (Lipinski definition) is 10. The van der Waals surface area contributed by atoms with Crippen LogP contribution in [0, 0.1) is 0 Å². The summed E-state index contributed by atoms with van der Waals surface area (Å²) in [5.74, 6) is -2.44. The van der Waals surface area contributed by atoms with Gasteiger partial charge in [-0.2, -0.15) is 0 Å². The lowest BCUT2D eigenvalue weighted by atomic mass is 10.0. The average Bonchev–Trinajstić information content (AvgIpc) is 3.14. The van der Waals surface area contributed by atoms with Gasteiger partial charge in [0.05, 0.1) is 13.2 Å². The summed E-state index contributed by atoms with van der Waals surface area (Å²) in [5.41, 5.74) is 5.30. The quantitative estimate of drug-likeness (QED) is 0.0229. The molecule has 0 aliphatic rings. The van der Waals surface area contributed by atoms with Crippen molar-refractivity contribution in [3.05, 3.63) is 12.2 Å². The van der Waals surface area contributed by atoms with E-state index in [4.69, 9.17) is 24.8 Å². The van der Waals surface area contributed by atoms with E-state index in [-0.39, 0.29) is 25.6 Å². The molecule has 0 heterocycles. The van der Waals surface area contributed by atoms with Crippen LogP contribution < -0.4 is 16.8 Å². The van der Waals surface area contributed by atoms with Crippen LogP contribution in [-0.2, 0) is 37.5 Å². The van der Waals surface area contributed by atoms with E-state index < -0.39 is 51.1 Å². The molecule has 55 heavy (non-hydrogen) atoms. The first-order chi connectivity index (χ1) is 26.1. The summed E-state index contributed by atoms with van der Waals surface area (Å²) in [7, 11) is -4.96. The molecule has 0 rings (SSSR count). The second kappa shape index (κ2) is 40.4. The molecular weight excluding hydrogens is 723 g/mol. The van der Waals surface area contributed by atoms with Gasteiger partial charge in [0.1, 0.15) is 12.6 Å². The van der Waals surface area contributed by atoms with Crippen LogP contribution in [0.2, 0.25) is 0 Å². The lowest BCUT2D eigenvalue weighted by molar-refractivity contribution is -0.228. The van der Waals surface area contributed by atoms with Crippen LogP contribution in [0.5, 0.6) is 0 Å². The van der Waals surface area contributed by atoms with Crippen LogP contribution in [0.15, 0.2) is 12.2 Å². The number of unbranched alkanes of at least 4 members (excludes halogenated alkanes) is 25. The number of phosphoric acid groups is 1. The molecule has 0 aromatic heterocycles. The summed E-state index contributed by atoms with van der Waals surface area (Å²) < 4.78 is 32.3. The third-order valence-electron chi connectivity index (χ3n) is 9.50. The molecule has 326 valence electrons. The van der Waals surface area contributed by atoms with Gasteiger partial charge in [-0.25, -0.2) is 0 Å². The Morgan fingerprint density at radius 2 is 0.945 bits per heavy atom. The lowest BCUT2D eigenvalue weighted by Crippen LogP contribution is -2.35. The van der Waals surface area contributed by atoms with Crippen LogP contribution in [-0.4, -0.2) is 55.0 Å². The van der Waals surface area contributed by atoms with E-state index in [1.54, 1.807) is 0 Å². The molecule has 0 saturated carbocycles. The molecule has 0 amide bonds. The number of quaternary nitrogens is 1. The third-order valence-corrected chi connectivity index (χ3v) is 10.4.